The molecule has 0 spiro atoms. The summed E-state index contributed by atoms with van der Waals surface area (Å²) >= 11 is 0. The zero-order valence-electron chi connectivity index (χ0n) is 4.89. The predicted molar refractivity (Wildman–Crippen MR) is 28.3 cm³/mol. The van der Waals surface area contributed by atoms with Crippen molar-refractivity contribution in [2.75, 3.05) is 13.6 Å². The third-order valence-electron chi connectivity index (χ3n) is 1.31. The van der Waals surface area contributed by atoms with Gasteiger partial charge in [-0.2, -0.15) is 0 Å². The number of carbonyl (C=O) groups is 1. The molecular formula is C5H10AtNO. The fraction of sp³-hybridized carbons (Fsp3) is 0.800. The van der Waals surface area contributed by atoms with Crippen molar-refractivity contribution in [3.63, 3.8) is 0 Å². The standard InChI is InChI=1S/C5H9NO.AtH/c1-6-4-2-3-5(6)7;/h2-4H2,1H3;1H. The maximum atomic E-state index is 10.5. The van der Waals surface area contributed by atoms with Crippen molar-refractivity contribution in [1.82, 2.24) is 4.90 Å². The monoisotopic (exact) mass is 310 g/mol. The predicted octanol–water partition coefficient (Wildman–Crippen LogP) is -0.0291. The van der Waals surface area contributed by atoms with Gasteiger partial charge in [0.25, 0.3) is 0 Å². The molecule has 1 amide bonds. The van der Waals surface area contributed by atoms with Crippen molar-refractivity contribution in [1.29, 1.82) is 0 Å². The summed E-state index contributed by atoms with van der Waals surface area (Å²) in [6, 6.07) is 0. The molecule has 0 radical (unpaired) electrons. The Morgan fingerprint density at radius 1 is 1.62 bits per heavy atom. The van der Waals surface area contributed by atoms with Crippen molar-refractivity contribution in [3.05, 3.63) is 0 Å². The van der Waals surface area contributed by atoms with Crippen molar-refractivity contribution in [2.45, 2.75) is 12.8 Å². The Kier molecular flexibility index (Phi) is 3.54. The van der Waals surface area contributed by atoms with Crippen LogP contribution < -0.4 is 0 Å². The van der Waals surface area contributed by atoms with E-state index in [1.54, 1.807) is 4.90 Å². The summed E-state index contributed by atoms with van der Waals surface area (Å²) in [5.74, 6) is 0.292. The molecule has 0 aliphatic carbocycles. The molecule has 1 fully saturated rings. The van der Waals surface area contributed by atoms with Crippen molar-refractivity contribution in [3.8, 4) is 0 Å². The normalized spacial score (nSPS) is 18.6. The van der Waals surface area contributed by atoms with E-state index in [1.165, 1.54) is 0 Å². The Hall–Kier alpha value is 0.353. The number of carbonyl (C=O) groups excluding carboxylic acids is 1. The first-order valence-electron chi connectivity index (χ1n) is 2.54. The minimum atomic E-state index is 0. The van der Waals surface area contributed by atoms with Crippen molar-refractivity contribution < 1.29 is 31.0 Å². The van der Waals surface area contributed by atoms with Crippen LogP contribution in [0.4, 0.5) is 0 Å². The first kappa shape index (κ1) is 8.35. The van der Waals surface area contributed by atoms with E-state index in [0.717, 1.165) is 19.4 Å². The Balaban J connectivity index is 0.000000490. The SMILES string of the molecule is CN1CCCC1=O.[AtH]. The van der Waals surface area contributed by atoms with Gasteiger partial charge < -0.3 is 4.90 Å². The van der Waals surface area contributed by atoms with Gasteiger partial charge >= 0.3 is 26.2 Å². The fourth-order valence-corrected chi connectivity index (χ4v) is 0.783. The topological polar surface area (TPSA) is 20.3 Å². The minimum absolute atomic E-state index is 0. The van der Waals surface area contributed by atoms with Crippen LogP contribution in [-0.4, -0.2) is 24.4 Å². The molecule has 1 aliphatic rings. The van der Waals surface area contributed by atoms with E-state index < -0.39 is 0 Å². The van der Waals surface area contributed by atoms with Crippen LogP contribution in [0.3, 0.4) is 0 Å². The number of likely N-dealkylation sites (tertiary alicyclic amines) is 1. The molecule has 2 nitrogen and oxygen atoms in total. The first-order valence-corrected chi connectivity index (χ1v) is 2.54. The quantitative estimate of drug-likeness (QED) is 0.615. The molecule has 0 N–H and O–H groups in total. The van der Waals surface area contributed by atoms with E-state index in [1.807, 2.05) is 7.05 Å². The van der Waals surface area contributed by atoms with Gasteiger partial charge in [-0.15, -0.1) is 0 Å². The van der Waals surface area contributed by atoms with Crippen LogP contribution in [-0.2, 0) is 4.79 Å². The second kappa shape index (κ2) is 3.39. The third-order valence-corrected chi connectivity index (χ3v) is 1.31. The number of rotatable bonds is 0. The summed E-state index contributed by atoms with van der Waals surface area (Å²) in [4.78, 5) is 12.3. The van der Waals surface area contributed by atoms with E-state index in [-0.39, 0.29) is 26.2 Å². The Labute approximate surface area is 68.4 Å². The maximum absolute atomic E-state index is 10.5. The van der Waals surface area contributed by atoms with Crippen LogP contribution in [0.2, 0.25) is 0 Å². The van der Waals surface area contributed by atoms with E-state index in [4.69, 9.17) is 0 Å². The Bertz CT molecular complexity index is 94.4. The molecule has 0 aromatic rings. The number of amides is 1. The van der Waals surface area contributed by atoms with E-state index in [2.05, 4.69) is 0 Å². The van der Waals surface area contributed by atoms with Crippen LogP contribution in [0.1, 0.15) is 12.8 Å². The molecule has 1 rings (SSSR count). The van der Waals surface area contributed by atoms with Gasteiger partial charge in [0, 0.05) is 20.0 Å². The molecule has 1 saturated heterocycles. The van der Waals surface area contributed by atoms with Gasteiger partial charge in [0.15, 0.2) is 0 Å². The molecule has 0 aromatic carbocycles. The molecule has 48 valence electrons. The third kappa shape index (κ3) is 1.70. The van der Waals surface area contributed by atoms with E-state index in [0.29, 0.717) is 5.91 Å². The molecule has 0 aromatic heterocycles. The second-order valence-corrected chi connectivity index (χ2v) is 1.92. The molecule has 0 unspecified atom stereocenters. The van der Waals surface area contributed by atoms with Crippen molar-refractivity contribution in [2.24, 2.45) is 0 Å². The molecule has 0 atom stereocenters. The zero-order chi connectivity index (χ0) is 5.28. The number of nitrogens with zero attached hydrogens (tertiary/aromatic N) is 1. The van der Waals surface area contributed by atoms with Gasteiger partial charge in [-0.05, 0) is 6.42 Å². The average molecular weight is 310 g/mol. The summed E-state index contributed by atoms with van der Waals surface area (Å²) in [7, 11) is 1.84. The Morgan fingerprint density at radius 3 is 2.38 bits per heavy atom. The van der Waals surface area contributed by atoms with Gasteiger partial charge in [-0.1, -0.05) is 0 Å². The summed E-state index contributed by atoms with van der Waals surface area (Å²) < 4.78 is 0. The summed E-state index contributed by atoms with van der Waals surface area (Å²) in [6.45, 7) is 0.957. The van der Waals surface area contributed by atoms with Gasteiger partial charge in [0.2, 0.25) is 5.91 Å². The molecule has 3 heteroatoms. The van der Waals surface area contributed by atoms with Gasteiger partial charge in [-0.25, -0.2) is 0 Å². The van der Waals surface area contributed by atoms with Gasteiger partial charge in [0.1, 0.15) is 0 Å². The van der Waals surface area contributed by atoms with E-state index in [9.17, 15) is 4.79 Å². The molecule has 1 aliphatic heterocycles. The number of hydrogen-bond acceptors (Lipinski definition) is 1. The first-order chi connectivity index (χ1) is 3.30. The Morgan fingerprint density at radius 2 is 2.25 bits per heavy atom. The van der Waals surface area contributed by atoms with E-state index >= 15 is 0 Å². The molecule has 0 saturated carbocycles. The fourth-order valence-electron chi connectivity index (χ4n) is 0.783. The summed E-state index contributed by atoms with van der Waals surface area (Å²) in [5.41, 5.74) is 0. The summed E-state index contributed by atoms with van der Waals surface area (Å²) in [6.07, 6.45) is 1.81. The van der Waals surface area contributed by atoms with Crippen LogP contribution in [0, 0.1) is 26.2 Å². The van der Waals surface area contributed by atoms with Crippen LogP contribution in [0.5, 0.6) is 0 Å². The second-order valence-electron chi connectivity index (χ2n) is 1.92. The molecular weight excluding hydrogens is 300 g/mol. The van der Waals surface area contributed by atoms with Gasteiger partial charge in [0.05, 0.1) is 0 Å². The average Bonchev–Trinajstić information content (AvgIpc) is 1.91. The molecule has 0 bridgehead atoms. The zero-order valence-corrected chi connectivity index (χ0v) is 8.06. The summed E-state index contributed by atoms with van der Waals surface area (Å²) in [5, 5.41) is 0. The van der Waals surface area contributed by atoms with Crippen LogP contribution in [0.25, 0.3) is 0 Å². The van der Waals surface area contributed by atoms with Gasteiger partial charge in [-0.3, -0.25) is 4.79 Å². The van der Waals surface area contributed by atoms with Crippen LogP contribution in [0.15, 0.2) is 0 Å². The number of hydrogen-bond donors (Lipinski definition) is 0. The van der Waals surface area contributed by atoms with Crippen LogP contribution >= 0.6 is 0 Å². The van der Waals surface area contributed by atoms with Crippen molar-refractivity contribution >= 4 is 5.91 Å². The molecule has 8 heavy (non-hydrogen) atoms. The molecule has 1 heterocycles.